The van der Waals surface area contributed by atoms with E-state index in [9.17, 15) is 9.90 Å². The third-order valence-electron chi connectivity index (χ3n) is 1.87. The average Bonchev–Trinajstić information content (AvgIpc) is 2.82. The Hall–Kier alpha value is -0.610. The van der Waals surface area contributed by atoms with Gasteiger partial charge in [-0.1, -0.05) is 0 Å². The van der Waals surface area contributed by atoms with E-state index in [0.29, 0.717) is 0 Å². The Morgan fingerprint density at radius 2 is 2.09 bits per heavy atom. The summed E-state index contributed by atoms with van der Waals surface area (Å²) in [6.07, 6.45) is -0.542. The maximum atomic E-state index is 10.7. The summed E-state index contributed by atoms with van der Waals surface area (Å²) in [6, 6.07) is 0. The van der Waals surface area contributed by atoms with Gasteiger partial charge in [-0.25, -0.2) is 4.79 Å². The molecular weight excluding hydrogens is 148 g/mol. The summed E-state index contributed by atoms with van der Waals surface area (Å²) in [5, 5.41) is 18.3. The van der Waals surface area contributed by atoms with Crippen LogP contribution in [-0.4, -0.2) is 35.5 Å². The molecule has 0 heterocycles. The van der Waals surface area contributed by atoms with Crippen LogP contribution < -0.4 is 0 Å². The van der Waals surface area contributed by atoms with Gasteiger partial charge in [0, 0.05) is 0 Å². The van der Waals surface area contributed by atoms with Crippen LogP contribution in [0.4, 0.5) is 0 Å². The third kappa shape index (κ3) is 1.91. The number of rotatable bonds is 3. The second-order valence-corrected chi connectivity index (χ2v) is 2.80. The molecule has 1 saturated carbocycles. The van der Waals surface area contributed by atoms with E-state index in [-0.39, 0.29) is 5.92 Å². The monoisotopic (exact) mass is 160 g/mol. The van der Waals surface area contributed by atoms with Crippen molar-refractivity contribution in [3.63, 3.8) is 0 Å². The Labute approximate surface area is 64.8 Å². The topological polar surface area (TPSA) is 66.8 Å². The van der Waals surface area contributed by atoms with E-state index in [1.54, 1.807) is 0 Å². The van der Waals surface area contributed by atoms with E-state index in [4.69, 9.17) is 5.11 Å². The number of esters is 1. The molecule has 0 saturated heterocycles. The van der Waals surface area contributed by atoms with E-state index in [1.807, 2.05) is 0 Å². The molecule has 1 rings (SSSR count). The second-order valence-electron chi connectivity index (χ2n) is 2.80. The average molecular weight is 160 g/mol. The molecule has 11 heavy (non-hydrogen) atoms. The SMILES string of the molecule is COC(=O)[C@H](O)[C@@H](O)C1CC1. The highest BCUT2D eigenvalue weighted by Crippen LogP contribution is 2.34. The predicted octanol–water partition coefficient (Wildman–Crippen LogP) is -0.709. The van der Waals surface area contributed by atoms with E-state index >= 15 is 0 Å². The minimum Gasteiger partial charge on any atom is -0.467 e. The lowest BCUT2D eigenvalue weighted by molar-refractivity contribution is -0.157. The van der Waals surface area contributed by atoms with Gasteiger partial charge in [-0.2, -0.15) is 0 Å². The van der Waals surface area contributed by atoms with Crippen LogP contribution in [-0.2, 0) is 9.53 Å². The molecule has 1 fully saturated rings. The van der Waals surface area contributed by atoms with Gasteiger partial charge in [0.05, 0.1) is 13.2 Å². The van der Waals surface area contributed by atoms with Gasteiger partial charge in [-0.05, 0) is 18.8 Å². The number of ether oxygens (including phenoxy) is 1. The molecule has 0 amide bonds. The van der Waals surface area contributed by atoms with Crippen LogP contribution in [0.1, 0.15) is 12.8 Å². The molecule has 0 aromatic rings. The van der Waals surface area contributed by atoms with Crippen LogP contribution in [0.2, 0.25) is 0 Å². The fourth-order valence-electron chi connectivity index (χ4n) is 0.956. The smallest absolute Gasteiger partial charge is 0.337 e. The van der Waals surface area contributed by atoms with Crippen molar-refractivity contribution in [2.45, 2.75) is 25.0 Å². The first-order valence-corrected chi connectivity index (χ1v) is 3.60. The van der Waals surface area contributed by atoms with Gasteiger partial charge in [0.1, 0.15) is 0 Å². The normalized spacial score (nSPS) is 22.5. The van der Waals surface area contributed by atoms with Crippen LogP contribution >= 0.6 is 0 Å². The van der Waals surface area contributed by atoms with E-state index in [0.717, 1.165) is 12.8 Å². The van der Waals surface area contributed by atoms with Gasteiger partial charge in [0.2, 0.25) is 0 Å². The zero-order chi connectivity index (χ0) is 8.43. The van der Waals surface area contributed by atoms with Crippen LogP contribution in [0.15, 0.2) is 0 Å². The molecule has 0 aromatic carbocycles. The van der Waals surface area contributed by atoms with Crippen LogP contribution in [0.25, 0.3) is 0 Å². The Balaban J connectivity index is 2.38. The molecule has 0 radical (unpaired) electrons. The van der Waals surface area contributed by atoms with Crippen LogP contribution in [0, 0.1) is 5.92 Å². The summed E-state index contributed by atoms with van der Waals surface area (Å²) in [7, 11) is 1.19. The lowest BCUT2D eigenvalue weighted by Crippen LogP contribution is -2.36. The fraction of sp³-hybridized carbons (Fsp3) is 0.857. The molecular formula is C7H12O4. The fourth-order valence-corrected chi connectivity index (χ4v) is 0.956. The molecule has 64 valence electrons. The van der Waals surface area contributed by atoms with Crippen molar-refractivity contribution in [3.8, 4) is 0 Å². The van der Waals surface area contributed by atoms with Gasteiger partial charge < -0.3 is 14.9 Å². The molecule has 0 aromatic heterocycles. The van der Waals surface area contributed by atoms with E-state index < -0.39 is 18.2 Å². The Kier molecular flexibility index (Phi) is 2.46. The van der Waals surface area contributed by atoms with Crippen molar-refractivity contribution in [3.05, 3.63) is 0 Å². The molecule has 1 aliphatic carbocycles. The number of hydrogen-bond acceptors (Lipinski definition) is 4. The Morgan fingerprint density at radius 3 is 2.45 bits per heavy atom. The molecule has 4 nitrogen and oxygen atoms in total. The lowest BCUT2D eigenvalue weighted by Gasteiger charge is -2.13. The van der Waals surface area contributed by atoms with Crippen molar-refractivity contribution in [2.75, 3.05) is 7.11 Å². The molecule has 1 aliphatic rings. The summed E-state index contributed by atoms with van der Waals surface area (Å²) < 4.78 is 4.26. The lowest BCUT2D eigenvalue weighted by atomic mass is 10.1. The highest BCUT2D eigenvalue weighted by Gasteiger charge is 2.38. The van der Waals surface area contributed by atoms with Crippen molar-refractivity contribution in [2.24, 2.45) is 5.92 Å². The van der Waals surface area contributed by atoms with Crippen molar-refractivity contribution in [1.82, 2.24) is 0 Å². The predicted molar refractivity (Wildman–Crippen MR) is 36.8 cm³/mol. The summed E-state index contributed by atoms with van der Waals surface area (Å²) >= 11 is 0. The number of carbonyl (C=O) groups is 1. The Bertz CT molecular complexity index is 153. The molecule has 4 heteroatoms. The van der Waals surface area contributed by atoms with Gasteiger partial charge in [-0.15, -0.1) is 0 Å². The van der Waals surface area contributed by atoms with Crippen LogP contribution in [0.5, 0.6) is 0 Å². The first-order valence-electron chi connectivity index (χ1n) is 3.60. The summed E-state index contributed by atoms with van der Waals surface area (Å²) in [6.45, 7) is 0. The largest absolute Gasteiger partial charge is 0.467 e. The quantitative estimate of drug-likeness (QED) is 0.535. The number of aliphatic hydroxyl groups is 2. The van der Waals surface area contributed by atoms with Gasteiger partial charge >= 0.3 is 5.97 Å². The second kappa shape index (κ2) is 3.19. The molecule has 2 N–H and O–H groups in total. The van der Waals surface area contributed by atoms with E-state index in [2.05, 4.69) is 4.74 Å². The Morgan fingerprint density at radius 1 is 1.55 bits per heavy atom. The van der Waals surface area contributed by atoms with Crippen molar-refractivity contribution >= 4 is 5.97 Å². The number of carbonyl (C=O) groups excluding carboxylic acids is 1. The first-order chi connectivity index (χ1) is 5.16. The highest BCUT2D eigenvalue weighted by atomic mass is 16.5. The minimum absolute atomic E-state index is 0.0871. The maximum absolute atomic E-state index is 10.7. The van der Waals surface area contributed by atoms with Crippen molar-refractivity contribution in [1.29, 1.82) is 0 Å². The van der Waals surface area contributed by atoms with Gasteiger partial charge in [-0.3, -0.25) is 0 Å². The number of methoxy groups -OCH3 is 1. The summed E-state index contributed by atoms with van der Waals surface area (Å²) in [5.74, 6) is -0.673. The van der Waals surface area contributed by atoms with Crippen LogP contribution in [0.3, 0.4) is 0 Å². The maximum Gasteiger partial charge on any atom is 0.337 e. The zero-order valence-electron chi connectivity index (χ0n) is 6.36. The van der Waals surface area contributed by atoms with E-state index in [1.165, 1.54) is 7.11 Å². The molecule has 0 bridgehead atoms. The summed E-state index contributed by atoms with van der Waals surface area (Å²) in [5.41, 5.74) is 0. The van der Waals surface area contributed by atoms with Crippen molar-refractivity contribution < 1.29 is 19.7 Å². The standard InChI is InChI=1S/C7H12O4/c1-11-7(10)6(9)5(8)4-2-3-4/h4-6,8-9H,2-3H2,1H3/t5-,6+/m0/s1. The molecule has 0 unspecified atom stereocenters. The number of aliphatic hydroxyl groups excluding tert-OH is 2. The number of hydrogen-bond donors (Lipinski definition) is 2. The molecule has 0 spiro atoms. The first kappa shape index (κ1) is 8.49. The van der Waals surface area contributed by atoms with Gasteiger partial charge in [0.15, 0.2) is 6.10 Å². The molecule has 2 atom stereocenters. The molecule has 0 aliphatic heterocycles. The zero-order valence-corrected chi connectivity index (χ0v) is 6.36. The summed E-state index contributed by atoms with van der Waals surface area (Å²) in [4.78, 5) is 10.7. The minimum atomic E-state index is -1.37. The third-order valence-corrected chi connectivity index (χ3v) is 1.87. The van der Waals surface area contributed by atoms with Gasteiger partial charge in [0.25, 0.3) is 0 Å². The highest BCUT2D eigenvalue weighted by molar-refractivity contribution is 5.75.